The summed E-state index contributed by atoms with van der Waals surface area (Å²) in [5.74, 6) is 0. The number of hydrogen-bond donors (Lipinski definition) is 0. The highest BCUT2D eigenvalue weighted by molar-refractivity contribution is 5.12. The van der Waals surface area contributed by atoms with Crippen molar-refractivity contribution in [2.75, 3.05) is 6.61 Å². The van der Waals surface area contributed by atoms with Gasteiger partial charge in [0.2, 0.25) is 0 Å². The molecule has 1 aliphatic heterocycles. The molecule has 1 fully saturated rings. The molecular weight excluding hydrogens is 176 g/mol. The molecule has 1 unspecified atom stereocenters. The molecule has 0 bridgehead atoms. The minimum Gasteiger partial charge on any atom is -0.353 e. The van der Waals surface area contributed by atoms with E-state index in [-0.39, 0.29) is 6.29 Å². The van der Waals surface area contributed by atoms with E-state index in [2.05, 4.69) is 6.07 Å². The van der Waals surface area contributed by atoms with Gasteiger partial charge in [-0.2, -0.15) is 0 Å². The van der Waals surface area contributed by atoms with Crippen LogP contribution in [0.1, 0.15) is 24.8 Å². The Balaban J connectivity index is 1.76. The van der Waals surface area contributed by atoms with Crippen molar-refractivity contribution in [1.29, 1.82) is 0 Å². The van der Waals surface area contributed by atoms with Crippen LogP contribution in [0.4, 0.5) is 0 Å². The molecule has 0 N–H and O–H groups in total. The molecule has 14 heavy (non-hydrogen) atoms. The summed E-state index contributed by atoms with van der Waals surface area (Å²) >= 11 is 0. The first kappa shape index (κ1) is 9.69. The van der Waals surface area contributed by atoms with Crippen LogP contribution in [0, 0.1) is 6.07 Å². The maximum absolute atomic E-state index is 5.63. The maximum Gasteiger partial charge on any atom is 0.158 e. The van der Waals surface area contributed by atoms with Gasteiger partial charge >= 0.3 is 0 Å². The van der Waals surface area contributed by atoms with Crippen LogP contribution >= 0.6 is 0 Å². The van der Waals surface area contributed by atoms with E-state index in [1.807, 2.05) is 24.3 Å². The largest absolute Gasteiger partial charge is 0.353 e. The fourth-order valence-corrected chi connectivity index (χ4v) is 1.55. The number of benzene rings is 1. The highest BCUT2D eigenvalue weighted by atomic mass is 16.7. The summed E-state index contributed by atoms with van der Waals surface area (Å²) in [7, 11) is 0. The van der Waals surface area contributed by atoms with Gasteiger partial charge in [-0.05, 0) is 30.9 Å². The molecule has 2 rings (SSSR count). The summed E-state index contributed by atoms with van der Waals surface area (Å²) in [4.78, 5) is 0. The zero-order valence-electron chi connectivity index (χ0n) is 8.24. The highest BCUT2D eigenvalue weighted by Crippen LogP contribution is 2.15. The molecule has 2 nitrogen and oxygen atoms in total. The second-order valence-corrected chi connectivity index (χ2v) is 3.52. The van der Waals surface area contributed by atoms with Gasteiger partial charge in [-0.1, -0.05) is 24.3 Å². The molecule has 0 aromatic heterocycles. The minimum absolute atomic E-state index is 0.00735. The van der Waals surface area contributed by atoms with Gasteiger partial charge in [-0.3, -0.25) is 0 Å². The SMILES string of the molecule is [c]1ccc(COC2CCCCO2)cc1. The van der Waals surface area contributed by atoms with Crippen LogP contribution in [0.3, 0.4) is 0 Å². The summed E-state index contributed by atoms with van der Waals surface area (Å²) in [5.41, 5.74) is 1.18. The van der Waals surface area contributed by atoms with Gasteiger partial charge in [0.1, 0.15) is 0 Å². The summed E-state index contributed by atoms with van der Waals surface area (Å²) < 4.78 is 11.1. The van der Waals surface area contributed by atoms with Crippen molar-refractivity contribution in [2.24, 2.45) is 0 Å². The van der Waals surface area contributed by atoms with E-state index in [0.717, 1.165) is 13.0 Å². The minimum atomic E-state index is 0.00735. The molecule has 1 atom stereocenters. The summed E-state index contributed by atoms with van der Waals surface area (Å²) in [6.45, 7) is 1.48. The normalized spacial score (nSPS) is 22.1. The van der Waals surface area contributed by atoms with Crippen LogP contribution in [-0.2, 0) is 16.1 Å². The molecule has 1 aliphatic rings. The summed E-state index contributed by atoms with van der Waals surface area (Å²) in [6.07, 6.45) is 3.42. The van der Waals surface area contributed by atoms with Crippen molar-refractivity contribution in [1.82, 2.24) is 0 Å². The molecule has 1 saturated heterocycles. The zero-order valence-corrected chi connectivity index (χ0v) is 8.24. The third kappa shape index (κ3) is 2.82. The van der Waals surface area contributed by atoms with Crippen molar-refractivity contribution in [3.8, 4) is 0 Å². The predicted molar refractivity (Wildman–Crippen MR) is 53.7 cm³/mol. The van der Waals surface area contributed by atoms with Gasteiger partial charge < -0.3 is 9.47 Å². The Hall–Kier alpha value is -0.860. The molecule has 1 aromatic carbocycles. The van der Waals surface area contributed by atoms with Gasteiger partial charge in [0.05, 0.1) is 6.61 Å². The molecule has 1 aromatic rings. The van der Waals surface area contributed by atoms with E-state index < -0.39 is 0 Å². The van der Waals surface area contributed by atoms with E-state index in [1.165, 1.54) is 18.4 Å². The molecule has 2 heteroatoms. The van der Waals surface area contributed by atoms with Gasteiger partial charge in [-0.25, -0.2) is 0 Å². The van der Waals surface area contributed by atoms with Crippen LogP contribution < -0.4 is 0 Å². The Morgan fingerprint density at radius 2 is 2.21 bits per heavy atom. The topological polar surface area (TPSA) is 18.5 Å². The standard InChI is InChI=1S/C12H15O2/c1-2-6-11(7-3-1)10-14-12-8-4-5-9-13-12/h2-3,6-7,12H,4-5,8-10H2. The summed E-state index contributed by atoms with van der Waals surface area (Å²) in [6, 6.07) is 10.8. The smallest absolute Gasteiger partial charge is 0.158 e. The third-order valence-corrected chi connectivity index (χ3v) is 2.36. The highest BCUT2D eigenvalue weighted by Gasteiger charge is 2.13. The Kier molecular flexibility index (Phi) is 3.55. The first-order chi connectivity index (χ1) is 6.95. The Bertz CT molecular complexity index is 252. The van der Waals surface area contributed by atoms with Crippen molar-refractivity contribution in [3.63, 3.8) is 0 Å². The van der Waals surface area contributed by atoms with Crippen molar-refractivity contribution >= 4 is 0 Å². The average molecular weight is 191 g/mol. The zero-order chi connectivity index (χ0) is 9.64. The monoisotopic (exact) mass is 191 g/mol. The van der Waals surface area contributed by atoms with Crippen LogP contribution in [0.2, 0.25) is 0 Å². The summed E-state index contributed by atoms with van der Waals surface area (Å²) in [5, 5.41) is 0. The van der Waals surface area contributed by atoms with E-state index >= 15 is 0 Å². The lowest BCUT2D eigenvalue weighted by atomic mass is 10.2. The number of ether oxygens (including phenoxy) is 2. The van der Waals surface area contributed by atoms with Crippen LogP contribution in [0.25, 0.3) is 0 Å². The average Bonchev–Trinajstić information content (AvgIpc) is 2.29. The predicted octanol–water partition coefficient (Wildman–Crippen LogP) is 2.53. The molecule has 75 valence electrons. The van der Waals surface area contributed by atoms with Crippen molar-refractivity contribution in [2.45, 2.75) is 32.2 Å². The molecule has 0 aliphatic carbocycles. The maximum atomic E-state index is 5.63. The quantitative estimate of drug-likeness (QED) is 0.731. The lowest BCUT2D eigenvalue weighted by Crippen LogP contribution is -2.21. The second-order valence-electron chi connectivity index (χ2n) is 3.52. The molecular formula is C12H15O2. The van der Waals surface area contributed by atoms with Gasteiger partial charge in [0.25, 0.3) is 0 Å². The molecule has 0 amide bonds. The second kappa shape index (κ2) is 5.13. The van der Waals surface area contributed by atoms with Crippen molar-refractivity contribution in [3.05, 3.63) is 35.9 Å². The fourth-order valence-electron chi connectivity index (χ4n) is 1.55. The van der Waals surface area contributed by atoms with Crippen LogP contribution in [0.5, 0.6) is 0 Å². The van der Waals surface area contributed by atoms with E-state index in [1.54, 1.807) is 0 Å². The lowest BCUT2D eigenvalue weighted by molar-refractivity contribution is -0.168. The molecule has 1 heterocycles. The molecule has 1 radical (unpaired) electrons. The third-order valence-electron chi connectivity index (χ3n) is 2.36. The number of hydrogen-bond acceptors (Lipinski definition) is 2. The Morgan fingerprint density at radius 1 is 1.36 bits per heavy atom. The van der Waals surface area contributed by atoms with Gasteiger partial charge in [-0.15, -0.1) is 0 Å². The van der Waals surface area contributed by atoms with Gasteiger partial charge in [0, 0.05) is 6.61 Å². The van der Waals surface area contributed by atoms with E-state index in [4.69, 9.17) is 9.47 Å². The molecule has 0 saturated carbocycles. The molecule has 0 spiro atoms. The Labute approximate surface area is 84.8 Å². The fraction of sp³-hybridized carbons (Fsp3) is 0.500. The Morgan fingerprint density at radius 3 is 2.93 bits per heavy atom. The first-order valence-electron chi connectivity index (χ1n) is 5.13. The van der Waals surface area contributed by atoms with Crippen LogP contribution in [-0.4, -0.2) is 12.9 Å². The first-order valence-corrected chi connectivity index (χ1v) is 5.13. The number of rotatable bonds is 3. The van der Waals surface area contributed by atoms with Crippen LogP contribution in [0.15, 0.2) is 24.3 Å². The van der Waals surface area contributed by atoms with E-state index in [9.17, 15) is 0 Å². The lowest BCUT2D eigenvalue weighted by Gasteiger charge is -2.22. The van der Waals surface area contributed by atoms with Gasteiger partial charge in [0.15, 0.2) is 6.29 Å². The van der Waals surface area contributed by atoms with Crippen molar-refractivity contribution < 1.29 is 9.47 Å². The van der Waals surface area contributed by atoms with E-state index in [0.29, 0.717) is 6.61 Å².